The molecule has 0 aliphatic rings. The summed E-state index contributed by atoms with van der Waals surface area (Å²) in [6.07, 6.45) is -4.66. The van der Waals surface area contributed by atoms with Gasteiger partial charge in [0.1, 0.15) is 0 Å². The predicted molar refractivity (Wildman–Crippen MR) is 95.9 cm³/mol. The minimum Gasteiger partial charge on any atom is -0.339 e. The van der Waals surface area contributed by atoms with E-state index in [1.165, 1.54) is 23.1 Å². The summed E-state index contributed by atoms with van der Waals surface area (Å²) in [5.41, 5.74) is -0.943. The van der Waals surface area contributed by atoms with E-state index in [4.69, 9.17) is 0 Å². The monoisotopic (exact) mass is 400 g/mol. The van der Waals surface area contributed by atoms with Crippen molar-refractivity contribution in [2.24, 2.45) is 0 Å². The number of hydrogen-bond acceptors (Lipinski definition) is 3. The zero-order valence-electron chi connectivity index (χ0n) is 14.7. The maximum Gasteiger partial charge on any atom is 0.416 e. The second-order valence-electron chi connectivity index (χ2n) is 5.65. The van der Waals surface area contributed by atoms with Gasteiger partial charge in [-0.25, -0.2) is 8.42 Å². The number of alkyl halides is 3. The van der Waals surface area contributed by atoms with Crippen molar-refractivity contribution in [1.29, 1.82) is 0 Å². The molecule has 2 rings (SSSR count). The molecule has 0 saturated heterocycles. The molecule has 9 heteroatoms. The van der Waals surface area contributed by atoms with Crippen molar-refractivity contribution < 1.29 is 26.4 Å². The summed E-state index contributed by atoms with van der Waals surface area (Å²) in [6, 6.07) is 9.39. The summed E-state index contributed by atoms with van der Waals surface area (Å²) in [5, 5.41) is 0. The van der Waals surface area contributed by atoms with Crippen LogP contribution >= 0.6 is 0 Å². The smallest absolute Gasteiger partial charge is 0.339 e. The van der Waals surface area contributed by atoms with Gasteiger partial charge in [0.15, 0.2) is 0 Å². The number of nitrogens with one attached hydrogen (secondary N) is 1. The first-order chi connectivity index (χ1) is 12.6. The summed E-state index contributed by atoms with van der Waals surface area (Å²) in [4.78, 5) is 13.5. The Hall–Kier alpha value is -2.55. The molecule has 0 aromatic heterocycles. The molecule has 146 valence electrons. The maximum absolute atomic E-state index is 12.9. The highest BCUT2D eigenvalue weighted by atomic mass is 32.2. The SMILES string of the molecule is CCN(CC)C(=O)c1ccccc1NS(=O)(=O)c1cccc(C(F)(F)F)c1. The number of hydrogen-bond donors (Lipinski definition) is 1. The van der Waals surface area contributed by atoms with E-state index in [9.17, 15) is 26.4 Å². The zero-order valence-corrected chi connectivity index (χ0v) is 15.6. The maximum atomic E-state index is 12.9. The molecule has 0 radical (unpaired) electrons. The van der Waals surface area contributed by atoms with E-state index in [1.54, 1.807) is 19.9 Å². The van der Waals surface area contributed by atoms with Gasteiger partial charge in [0.05, 0.1) is 21.7 Å². The number of halogens is 3. The molecule has 0 saturated carbocycles. The molecule has 5 nitrogen and oxygen atoms in total. The van der Waals surface area contributed by atoms with Crippen molar-refractivity contribution in [1.82, 2.24) is 4.90 Å². The van der Waals surface area contributed by atoms with Crippen molar-refractivity contribution in [3.63, 3.8) is 0 Å². The summed E-state index contributed by atoms with van der Waals surface area (Å²) in [6.45, 7) is 4.45. The van der Waals surface area contributed by atoms with Gasteiger partial charge in [0, 0.05) is 13.1 Å². The first-order valence-corrected chi connectivity index (χ1v) is 9.66. The van der Waals surface area contributed by atoms with Crippen LogP contribution in [0.25, 0.3) is 0 Å². The largest absolute Gasteiger partial charge is 0.416 e. The topological polar surface area (TPSA) is 66.5 Å². The minimum absolute atomic E-state index is 0.00631. The molecular weight excluding hydrogens is 381 g/mol. The molecule has 0 spiro atoms. The number of benzene rings is 2. The summed E-state index contributed by atoms with van der Waals surface area (Å²) in [7, 11) is -4.31. The van der Waals surface area contributed by atoms with Gasteiger partial charge in [-0.2, -0.15) is 13.2 Å². The molecule has 0 heterocycles. The number of anilines is 1. The van der Waals surface area contributed by atoms with Crippen LogP contribution in [0.4, 0.5) is 18.9 Å². The van der Waals surface area contributed by atoms with Crippen LogP contribution in [0.1, 0.15) is 29.8 Å². The molecule has 27 heavy (non-hydrogen) atoms. The average Bonchev–Trinajstić information content (AvgIpc) is 2.62. The van der Waals surface area contributed by atoms with Gasteiger partial charge >= 0.3 is 6.18 Å². The normalized spacial score (nSPS) is 11.9. The summed E-state index contributed by atoms with van der Waals surface area (Å²) >= 11 is 0. The molecule has 2 aromatic rings. The van der Waals surface area contributed by atoms with Crippen LogP contribution in [0.2, 0.25) is 0 Å². The molecule has 0 bridgehead atoms. The molecule has 0 aliphatic carbocycles. The Labute approximate surface area is 155 Å². The van der Waals surface area contributed by atoms with Gasteiger partial charge in [0.2, 0.25) is 0 Å². The van der Waals surface area contributed by atoms with Gasteiger partial charge in [-0.15, -0.1) is 0 Å². The number of nitrogens with zero attached hydrogens (tertiary/aromatic N) is 1. The fourth-order valence-corrected chi connectivity index (χ4v) is 3.61. The zero-order chi connectivity index (χ0) is 20.2. The Bertz CT molecular complexity index is 923. The third-order valence-corrected chi connectivity index (χ3v) is 5.29. The lowest BCUT2D eigenvalue weighted by atomic mass is 10.1. The molecule has 1 N–H and O–H groups in total. The lowest BCUT2D eigenvalue weighted by Gasteiger charge is -2.20. The highest BCUT2D eigenvalue weighted by Crippen LogP contribution is 2.31. The van der Waals surface area contributed by atoms with Gasteiger partial charge in [0.25, 0.3) is 15.9 Å². The molecule has 0 fully saturated rings. The molecule has 0 atom stereocenters. The fraction of sp³-hybridized carbons (Fsp3) is 0.278. The van der Waals surface area contributed by atoms with Gasteiger partial charge < -0.3 is 4.90 Å². The Kier molecular flexibility index (Phi) is 6.15. The molecule has 2 aromatic carbocycles. The number of para-hydroxylation sites is 1. The van der Waals surface area contributed by atoms with Crippen molar-refractivity contribution in [2.45, 2.75) is 24.9 Å². The van der Waals surface area contributed by atoms with Crippen molar-refractivity contribution in [2.75, 3.05) is 17.8 Å². The Morgan fingerprint density at radius 3 is 2.26 bits per heavy atom. The number of sulfonamides is 1. The van der Waals surface area contributed by atoms with E-state index >= 15 is 0 Å². The fourth-order valence-electron chi connectivity index (χ4n) is 2.48. The Morgan fingerprint density at radius 1 is 1.04 bits per heavy atom. The van der Waals surface area contributed by atoms with Crippen LogP contribution in [0.3, 0.4) is 0 Å². The minimum atomic E-state index is -4.66. The van der Waals surface area contributed by atoms with E-state index < -0.39 is 26.7 Å². The standard InChI is InChI=1S/C18H19F3N2O3S/c1-3-23(4-2)17(24)15-10-5-6-11-16(15)22-27(25,26)14-9-7-8-13(12-14)18(19,20)21/h5-12,22H,3-4H2,1-2H3. The summed E-state index contributed by atoms with van der Waals surface area (Å²) < 4.78 is 65.9. The first kappa shape index (κ1) is 20.8. The van der Waals surface area contributed by atoms with E-state index in [0.29, 0.717) is 19.2 Å². The second-order valence-corrected chi connectivity index (χ2v) is 7.34. The number of rotatable bonds is 6. The highest BCUT2D eigenvalue weighted by Gasteiger charge is 2.32. The Morgan fingerprint density at radius 2 is 1.67 bits per heavy atom. The highest BCUT2D eigenvalue weighted by molar-refractivity contribution is 7.92. The second kappa shape index (κ2) is 7.99. The third kappa shape index (κ3) is 4.79. The van der Waals surface area contributed by atoms with Gasteiger partial charge in [-0.05, 0) is 44.2 Å². The van der Waals surface area contributed by atoms with Crippen molar-refractivity contribution in [3.05, 3.63) is 59.7 Å². The van der Waals surface area contributed by atoms with Crippen LogP contribution in [-0.4, -0.2) is 32.3 Å². The van der Waals surface area contributed by atoms with Crippen LogP contribution in [-0.2, 0) is 16.2 Å². The van der Waals surface area contributed by atoms with E-state index in [0.717, 1.165) is 18.2 Å². The molecule has 0 aliphatic heterocycles. The van der Waals surface area contributed by atoms with E-state index in [1.807, 2.05) is 0 Å². The number of carbonyl (C=O) groups is 1. The quantitative estimate of drug-likeness (QED) is 0.797. The van der Waals surface area contributed by atoms with Gasteiger partial charge in [-0.3, -0.25) is 9.52 Å². The lowest BCUT2D eigenvalue weighted by Crippen LogP contribution is -2.31. The van der Waals surface area contributed by atoms with Crippen LogP contribution in [0.5, 0.6) is 0 Å². The summed E-state index contributed by atoms with van der Waals surface area (Å²) in [5.74, 6) is -0.373. The number of amides is 1. The van der Waals surface area contributed by atoms with E-state index in [-0.39, 0.29) is 17.2 Å². The Balaban J connectivity index is 2.41. The molecular formula is C18H19F3N2O3S. The lowest BCUT2D eigenvalue weighted by molar-refractivity contribution is -0.137. The van der Waals surface area contributed by atoms with Crippen molar-refractivity contribution in [3.8, 4) is 0 Å². The average molecular weight is 400 g/mol. The van der Waals surface area contributed by atoms with Crippen LogP contribution in [0, 0.1) is 0 Å². The third-order valence-electron chi connectivity index (χ3n) is 3.92. The van der Waals surface area contributed by atoms with Crippen molar-refractivity contribution >= 4 is 21.6 Å². The first-order valence-electron chi connectivity index (χ1n) is 8.18. The van der Waals surface area contributed by atoms with Gasteiger partial charge in [-0.1, -0.05) is 18.2 Å². The number of carbonyl (C=O) groups excluding carboxylic acids is 1. The van der Waals surface area contributed by atoms with Crippen LogP contribution < -0.4 is 4.72 Å². The van der Waals surface area contributed by atoms with E-state index in [2.05, 4.69) is 4.72 Å². The molecule has 0 unspecified atom stereocenters. The van der Waals surface area contributed by atoms with Crippen LogP contribution in [0.15, 0.2) is 53.4 Å². The predicted octanol–water partition coefficient (Wildman–Crippen LogP) is 3.99. The molecule has 1 amide bonds.